The standard InChI is InChI=1S/C22H18ClN3O4S/c1-25(2)20(28)14-6-4-13(5-7-14)16-11-26-21(29)18(31-22(26)24-16)10-12-8-15(23)19(27)17(9-12)30-3/h4-11,27H,1-3H3. The Hall–Kier alpha value is -3.36. The van der Waals surface area contributed by atoms with Crippen LogP contribution in [0, 0.1) is 0 Å². The molecule has 158 valence electrons. The number of ether oxygens (including phenoxy) is 1. The van der Waals surface area contributed by atoms with Gasteiger partial charge in [-0.1, -0.05) is 35.1 Å². The molecule has 1 amide bonds. The highest BCUT2D eigenvalue weighted by molar-refractivity contribution is 7.15. The number of amides is 1. The molecule has 0 saturated heterocycles. The second kappa shape index (κ2) is 8.05. The molecule has 31 heavy (non-hydrogen) atoms. The molecular formula is C22H18ClN3O4S. The first-order chi connectivity index (χ1) is 14.8. The number of aromatic nitrogens is 2. The van der Waals surface area contributed by atoms with Crippen molar-refractivity contribution < 1.29 is 14.6 Å². The van der Waals surface area contributed by atoms with Crippen LogP contribution in [0.4, 0.5) is 0 Å². The third kappa shape index (κ3) is 3.87. The lowest BCUT2D eigenvalue weighted by atomic mass is 10.1. The molecular weight excluding hydrogens is 438 g/mol. The fraction of sp³-hybridized carbons (Fsp3) is 0.136. The van der Waals surface area contributed by atoms with Crippen LogP contribution in [0.25, 0.3) is 22.3 Å². The molecule has 0 saturated carbocycles. The highest BCUT2D eigenvalue weighted by Gasteiger charge is 2.13. The number of aromatic hydroxyl groups is 1. The van der Waals surface area contributed by atoms with E-state index in [9.17, 15) is 14.7 Å². The first kappa shape index (κ1) is 20.9. The molecule has 0 bridgehead atoms. The minimum atomic E-state index is -0.207. The van der Waals surface area contributed by atoms with E-state index >= 15 is 0 Å². The van der Waals surface area contributed by atoms with E-state index in [1.165, 1.54) is 27.7 Å². The number of imidazole rings is 1. The Morgan fingerprint density at radius 2 is 1.97 bits per heavy atom. The molecule has 0 spiro atoms. The summed E-state index contributed by atoms with van der Waals surface area (Å²) in [6.45, 7) is 0. The predicted octanol–water partition coefficient (Wildman–Crippen LogP) is 3.04. The maximum Gasteiger partial charge on any atom is 0.274 e. The maximum atomic E-state index is 12.8. The smallest absolute Gasteiger partial charge is 0.274 e. The van der Waals surface area contributed by atoms with Crippen LogP contribution in [-0.2, 0) is 0 Å². The molecule has 2 aromatic heterocycles. The lowest BCUT2D eigenvalue weighted by Gasteiger charge is -2.10. The van der Waals surface area contributed by atoms with E-state index in [1.54, 1.807) is 50.6 Å². The summed E-state index contributed by atoms with van der Waals surface area (Å²) >= 11 is 7.28. The van der Waals surface area contributed by atoms with E-state index in [4.69, 9.17) is 16.3 Å². The van der Waals surface area contributed by atoms with Crippen molar-refractivity contribution in [3.63, 3.8) is 0 Å². The third-order valence-corrected chi connectivity index (χ3v) is 5.98. The summed E-state index contributed by atoms with van der Waals surface area (Å²) in [4.78, 5) is 31.5. The highest BCUT2D eigenvalue weighted by atomic mass is 35.5. The molecule has 4 rings (SSSR count). The minimum Gasteiger partial charge on any atom is -0.503 e. The molecule has 1 N–H and O–H groups in total. The van der Waals surface area contributed by atoms with Gasteiger partial charge in [0.15, 0.2) is 16.5 Å². The number of phenolic OH excluding ortho intramolecular Hbond substituents is 1. The van der Waals surface area contributed by atoms with E-state index in [1.807, 2.05) is 12.1 Å². The lowest BCUT2D eigenvalue weighted by Crippen LogP contribution is -2.22. The summed E-state index contributed by atoms with van der Waals surface area (Å²) in [5.41, 5.74) is 2.46. The molecule has 2 heterocycles. The van der Waals surface area contributed by atoms with Gasteiger partial charge in [-0.2, -0.15) is 0 Å². The second-order valence-electron chi connectivity index (χ2n) is 7.03. The summed E-state index contributed by atoms with van der Waals surface area (Å²) in [7, 11) is 4.83. The quantitative estimate of drug-likeness (QED) is 0.511. The molecule has 9 heteroatoms. The number of nitrogens with zero attached hydrogens (tertiary/aromatic N) is 3. The number of hydrogen-bond acceptors (Lipinski definition) is 6. The Kier molecular flexibility index (Phi) is 5.43. The number of halogens is 1. The molecule has 2 aromatic carbocycles. The van der Waals surface area contributed by atoms with E-state index in [0.29, 0.717) is 26.3 Å². The summed E-state index contributed by atoms with van der Waals surface area (Å²) in [6.07, 6.45) is 3.36. The zero-order valence-corrected chi connectivity index (χ0v) is 18.5. The number of fused-ring (bicyclic) bond motifs is 1. The zero-order chi connectivity index (χ0) is 22.3. The van der Waals surface area contributed by atoms with Gasteiger partial charge in [-0.3, -0.25) is 14.0 Å². The average molecular weight is 456 g/mol. The largest absolute Gasteiger partial charge is 0.503 e. The molecule has 0 atom stereocenters. The first-order valence-corrected chi connectivity index (χ1v) is 10.4. The van der Waals surface area contributed by atoms with Crippen LogP contribution >= 0.6 is 22.9 Å². The number of carbonyl (C=O) groups is 1. The highest BCUT2D eigenvalue weighted by Crippen LogP contribution is 2.35. The van der Waals surface area contributed by atoms with Gasteiger partial charge in [-0.25, -0.2) is 4.98 Å². The van der Waals surface area contributed by atoms with E-state index in [2.05, 4.69) is 4.98 Å². The van der Waals surface area contributed by atoms with Gasteiger partial charge in [0.25, 0.3) is 11.5 Å². The second-order valence-corrected chi connectivity index (χ2v) is 8.44. The Balaban J connectivity index is 1.71. The molecule has 4 aromatic rings. The molecule has 0 fully saturated rings. The lowest BCUT2D eigenvalue weighted by molar-refractivity contribution is 0.0827. The number of phenols is 1. The number of methoxy groups -OCH3 is 1. The number of benzene rings is 2. The van der Waals surface area contributed by atoms with E-state index in [-0.39, 0.29) is 28.0 Å². The van der Waals surface area contributed by atoms with Crippen molar-refractivity contribution in [3.8, 4) is 22.8 Å². The summed E-state index contributed by atoms with van der Waals surface area (Å²) in [5.74, 6) is 0.00367. The van der Waals surface area contributed by atoms with Crippen LogP contribution in [0.2, 0.25) is 5.02 Å². The number of thiazole rings is 1. The van der Waals surface area contributed by atoms with Crippen molar-refractivity contribution >= 4 is 39.9 Å². The van der Waals surface area contributed by atoms with Gasteiger partial charge in [-0.05, 0) is 35.9 Å². The van der Waals surface area contributed by atoms with Crippen molar-refractivity contribution in [2.45, 2.75) is 0 Å². The molecule has 0 aliphatic rings. The number of carbonyl (C=O) groups excluding carboxylic acids is 1. The molecule has 0 aliphatic carbocycles. The van der Waals surface area contributed by atoms with Gasteiger partial charge in [0, 0.05) is 31.4 Å². The van der Waals surface area contributed by atoms with E-state index < -0.39 is 0 Å². The summed E-state index contributed by atoms with van der Waals surface area (Å²) in [6, 6.07) is 10.3. The first-order valence-electron chi connectivity index (χ1n) is 9.20. The fourth-order valence-electron chi connectivity index (χ4n) is 3.10. The van der Waals surface area contributed by atoms with Crippen LogP contribution in [0.15, 0.2) is 47.4 Å². The summed E-state index contributed by atoms with van der Waals surface area (Å²) < 4.78 is 7.08. The van der Waals surface area contributed by atoms with Crippen LogP contribution in [-0.4, -0.2) is 46.5 Å². The monoisotopic (exact) mass is 455 g/mol. The minimum absolute atomic E-state index is 0.0784. The van der Waals surface area contributed by atoms with Crippen LogP contribution in [0.1, 0.15) is 15.9 Å². The van der Waals surface area contributed by atoms with Crippen molar-refractivity contribution in [2.75, 3.05) is 21.2 Å². The van der Waals surface area contributed by atoms with Crippen LogP contribution < -0.4 is 14.8 Å². The van der Waals surface area contributed by atoms with Gasteiger partial charge in [0.2, 0.25) is 0 Å². The van der Waals surface area contributed by atoms with Crippen molar-refractivity contribution in [3.05, 3.63) is 73.6 Å². The van der Waals surface area contributed by atoms with Gasteiger partial charge in [0.1, 0.15) is 0 Å². The average Bonchev–Trinajstić information content (AvgIpc) is 3.29. The number of rotatable bonds is 4. The molecule has 0 aliphatic heterocycles. The summed E-state index contributed by atoms with van der Waals surface area (Å²) in [5, 5.41) is 10.0. The topological polar surface area (TPSA) is 84.1 Å². The molecule has 0 unspecified atom stereocenters. The third-order valence-electron chi connectivity index (χ3n) is 4.71. The van der Waals surface area contributed by atoms with Crippen molar-refractivity contribution in [1.82, 2.24) is 14.3 Å². The predicted molar refractivity (Wildman–Crippen MR) is 121 cm³/mol. The molecule has 0 radical (unpaired) electrons. The van der Waals surface area contributed by atoms with Gasteiger partial charge < -0.3 is 14.7 Å². The Bertz CT molecular complexity index is 1410. The van der Waals surface area contributed by atoms with Gasteiger partial charge in [-0.15, -0.1) is 0 Å². The normalized spacial score (nSPS) is 11.8. The Morgan fingerprint density at radius 1 is 1.26 bits per heavy atom. The van der Waals surface area contributed by atoms with Crippen LogP contribution in [0.5, 0.6) is 11.5 Å². The van der Waals surface area contributed by atoms with E-state index in [0.717, 1.165) is 5.56 Å². The Labute approximate surface area is 186 Å². The molecule has 7 nitrogen and oxygen atoms in total. The van der Waals surface area contributed by atoms with Crippen LogP contribution in [0.3, 0.4) is 0 Å². The van der Waals surface area contributed by atoms with Gasteiger partial charge in [0.05, 0.1) is 22.4 Å². The Morgan fingerprint density at radius 3 is 2.58 bits per heavy atom. The van der Waals surface area contributed by atoms with Crippen molar-refractivity contribution in [1.29, 1.82) is 0 Å². The SMILES string of the molecule is COc1cc(C=c2sc3nc(-c4ccc(C(=O)N(C)C)cc4)cn3c2=O)cc(Cl)c1O. The number of hydrogen-bond donors (Lipinski definition) is 1. The maximum absolute atomic E-state index is 12.8. The zero-order valence-electron chi connectivity index (χ0n) is 16.9. The fourth-order valence-corrected chi connectivity index (χ4v) is 4.27. The van der Waals surface area contributed by atoms with Gasteiger partial charge >= 0.3 is 0 Å². The van der Waals surface area contributed by atoms with Crippen molar-refractivity contribution in [2.24, 2.45) is 0 Å².